The molecule has 1 aliphatic rings. The lowest BCUT2D eigenvalue weighted by Crippen LogP contribution is -2.48. The number of hydrogen-bond acceptors (Lipinski definition) is 8. The van der Waals surface area contributed by atoms with E-state index in [4.69, 9.17) is 27.8 Å². The Morgan fingerprint density at radius 1 is 1.17 bits per heavy atom. The maximum absolute atomic E-state index is 6.15. The van der Waals surface area contributed by atoms with Crippen LogP contribution in [-0.2, 0) is 11.2 Å². The van der Waals surface area contributed by atoms with Crippen LogP contribution >= 0.6 is 0 Å². The highest BCUT2D eigenvalue weighted by Gasteiger charge is 2.21. The van der Waals surface area contributed by atoms with Crippen molar-refractivity contribution in [3.63, 3.8) is 0 Å². The van der Waals surface area contributed by atoms with Crippen LogP contribution in [0.4, 0.5) is 5.69 Å². The SMILES string of the molecule is CO/C(N)=C/C=C(\N)CN1CCN(c2cc(CC(C)C)ccc2/C(N)=N/NN)CC1. The van der Waals surface area contributed by atoms with Crippen molar-refractivity contribution in [1.82, 2.24) is 10.4 Å². The van der Waals surface area contributed by atoms with Gasteiger partial charge in [0.25, 0.3) is 0 Å². The summed E-state index contributed by atoms with van der Waals surface area (Å²) in [4.78, 5) is 4.66. The molecule has 9 heteroatoms. The zero-order valence-corrected chi connectivity index (χ0v) is 18.3. The molecule has 0 radical (unpaired) electrons. The smallest absolute Gasteiger partial charge is 0.183 e. The van der Waals surface area contributed by atoms with Crippen LogP contribution in [0.2, 0.25) is 0 Å². The summed E-state index contributed by atoms with van der Waals surface area (Å²) in [6, 6.07) is 6.36. The van der Waals surface area contributed by atoms with Crippen molar-refractivity contribution in [3.05, 3.63) is 53.1 Å². The van der Waals surface area contributed by atoms with Crippen LogP contribution in [-0.4, -0.2) is 50.6 Å². The van der Waals surface area contributed by atoms with Gasteiger partial charge in [-0.15, -0.1) is 5.10 Å². The van der Waals surface area contributed by atoms with Crippen molar-refractivity contribution in [2.24, 2.45) is 34.1 Å². The summed E-state index contributed by atoms with van der Waals surface area (Å²) in [6.45, 7) is 8.62. The zero-order valence-electron chi connectivity index (χ0n) is 18.3. The Hall–Kier alpha value is -2.91. The van der Waals surface area contributed by atoms with Crippen LogP contribution in [0, 0.1) is 5.92 Å². The van der Waals surface area contributed by atoms with Gasteiger partial charge in [-0.25, -0.2) is 11.4 Å². The topological polar surface area (TPSA) is 144 Å². The average Bonchev–Trinajstić information content (AvgIpc) is 2.72. The summed E-state index contributed by atoms with van der Waals surface area (Å²) in [5.41, 5.74) is 24.2. The first-order valence-electron chi connectivity index (χ1n) is 10.2. The van der Waals surface area contributed by atoms with Crippen molar-refractivity contribution in [2.45, 2.75) is 20.3 Å². The third-order valence-corrected chi connectivity index (χ3v) is 4.98. The molecule has 1 saturated heterocycles. The third-order valence-electron chi connectivity index (χ3n) is 4.98. The molecule has 0 aromatic heterocycles. The standard InChI is InChI=1S/C21H36N8O/c1-15(2)12-16-4-6-18(21(24)26-27-25)19(13-16)29-10-8-28(9-11-29)14-17(22)5-7-20(23)30-3/h4-7,13,15,27H,8-12,14,22-23,25H2,1-3H3,(H2,24,26)/b17-5-,20-7+. The number of anilines is 1. The lowest BCUT2D eigenvalue weighted by molar-refractivity contribution is 0.277. The number of ether oxygens (including phenoxy) is 1. The Morgan fingerprint density at radius 3 is 2.47 bits per heavy atom. The van der Waals surface area contributed by atoms with E-state index in [9.17, 15) is 0 Å². The lowest BCUT2D eigenvalue weighted by Gasteiger charge is -2.37. The summed E-state index contributed by atoms with van der Waals surface area (Å²) >= 11 is 0. The third kappa shape index (κ3) is 6.85. The van der Waals surface area contributed by atoms with E-state index < -0.39 is 0 Å². The number of rotatable bonds is 9. The van der Waals surface area contributed by atoms with E-state index in [-0.39, 0.29) is 0 Å². The number of piperazine rings is 1. The second kappa shape index (κ2) is 11.3. The summed E-state index contributed by atoms with van der Waals surface area (Å²) in [5.74, 6) is 6.62. The van der Waals surface area contributed by atoms with E-state index in [1.54, 1.807) is 12.2 Å². The fraction of sp³-hybridized carbons (Fsp3) is 0.476. The first-order valence-corrected chi connectivity index (χ1v) is 10.2. The monoisotopic (exact) mass is 416 g/mol. The van der Waals surface area contributed by atoms with Gasteiger partial charge in [0.2, 0.25) is 0 Å². The summed E-state index contributed by atoms with van der Waals surface area (Å²) < 4.78 is 4.92. The maximum atomic E-state index is 6.15. The minimum atomic E-state index is 0.336. The van der Waals surface area contributed by atoms with Gasteiger partial charge in [-0.3, -0.25) is 4.90 Å². The largest absolute Gasteiger partial charge is 0.483 e. The molecule has 1 fully saturated rings. The molecule has 1 aromatic carbocycles. The molecule has 166 valence electrons. The molecule has 0 spiro atoms. The molecule has 9 N–H and O–H groups in total. The Labute approximate surface area is 179 Å². The summed E-state index contributed by atoms with van der Waals surface area (Å²) in [7, 11) is 1.53. The Balaban J connectivity index is 2.12. The summed E-state index contributed by atoms with van der Waals surface area (Å²) in [6.07, 6.45) is 4.47. The number of nitrogens with one attached hydrogen (secondary N) is 1. The first-order chi connectivity index (χ1) is 14.3. The van der Waals surface area contributed by atoms with Crippen molar-refractivity contribution in [1.29, 1.82) is 0 Å². The Bertz CT molecular complexity index is 779. The van der Waals surface area contributed by atoms with Gasteiger partial charge in [-0.2, -0.15) is 0 Å². The molecule has 30 heavy (non-hydrogen) atoms. The fourth-order valence-electron chi connectivity index (χ4n) is 3.50. The molecular formula is C21H36N8O. The molecule has 9 nitrogen and oxygen atoms in total. The van der Waals surface area contributed by atoms with Crippen LogP contribution in [0.25, 0.3) is 0 Å². The van der Waals surface area contributed by atoms with Gasteiger partial charge in [-0.1, -0.05) is 19.9 Å². The quantitative estimate of drug-likeness (QED) is 0.0970. The molecular weight excluding hydrogens is 380 g/mol. The van der Waals surface area contributed by atoms with Crippen LogP contribution in [0.15, 0.2) is 47.0 Å². The number of hydrogen-bond donors (Lipinski definition) is 5. The van der Waals surface area contributed by atoms with Crippen molar-refractivity contribution < 1.29 is 4.74 Å². The fourth-order valence-corrected chi connectivity index (χ4v) is 3.50. The van der Waals surface area contributed by atoms with E-state index in [1.165, 1.54) is 12.7 Å². The predicted molar refractivity (Wildman–Crippen MR) is 123 cm³/mol. The van der Waals surface area contributed by atoms with E-state index in [0.717, 1.165) is 49.5 Å². The van der Waals surface area contributed by atoms with Gasteiger partial charge >= 0.3 is 0 Å². The molecule has 0 atom stereocenters. The zero-order chi connectivity index (χ0) is 22.1. The number of benzene rings is 1. The minimum Gasteiger partial charge on any atom is -0.483 e. The molecule has 1 aliphatic heterocycles. The number of nitrogens with zero attached hydrogens (tertiary/aromatic N) is 3. The molecule has 0 bridgehead atoms. The van der Waals surface area contributed by atoms with Crippen molar-refractivity contribution in [2.75, 3.05) is 44.7 Å². The van der Waals surface area contributed by atoms with E-state index in [2.05, 4.69) is 46.4 Å². The molecule has 1 heterocycles. The number of methoxy groups -OCH3 is 1. The molecule has 0 saturated carbocycles. The van der Waals surface area contributed by atoms with Gasteiger partial charge in [-0.05, 0) is 42.2 Å². The normalized spacial score (nSPS) is 16.8. The first kappa shape index (κ1) is 23.4. The highest BCUT2D eigenvalue weighted by Crippen LogP contribution is 2.25. The van der Waals surface area contributed by atoms with E-state index in [1.807, 2.05) is 6.07 Å². The average molecular weight is 417 g/mol. The van der Waals surface area contributed by atoms with E-state index in [0.29, 0.717) is 24.2 Å². The molecule has 1 aromatic rings. The minimum absolute atomic E-state index is 0.336. The number of hydrazine groups is 1. The number of nitrogens with two attached hydrogens (primary N) is 4. The lowest BCUT2D eigenvalue weighted by atomic mass is 9.99. The second-order valence-electron chi connectivity index (χ2n) is 7.85. The Kier molecular flexibility index (Phi) is 8.82. The Morgan fingerprint density at radius 2 is 1.87 bits per heavy atom. The van der Waals surface area contributed by atoms with Crippen LogP contribution < -0.4 is 33.5 Å². The van der Waals surface area contributed by atoms with Gasteiger partial charge in [0.15, 0.2) is 11.7 Å². The number of allylic oxidation sites excluding steroid dienone is 2. The maximum Gasteiger partial charge on any atom is 0.183 e. The summed E-state index contributed by atoms with van der Waals surface area (Å²) in [5, 5.41) is 3.97. The van der Waals surface area contributed by atoms with E-state index >= 15 is 0 Å². The van der Waals surface area contributed by atoms with Gasteiger partial charge < -0.3 is 26.8 Å². The van der Waals surface area contributed by atoms with Crippen LogP contribution in [0.3, 0.4) is 0 Å². The van der Waals surface area contributed by atoms with Gasteiger partial charge in [0.05, 0.1) is 7.11 Å². The predicted octanol–water partition coefficient (Wildman–Crippen LogP) is 0.380. The van der Waals surface area contributed by atoms with Crippen molar-refractivity contribution in [3.8, 4) is 0 Å². The highest BCUT2D eigenvalue weighted by atomic mass is 16.5. The van der Waals surface area contributed by atoms with Gasteiger partial charge in [0, 0.05) is 49.7 Å². The van der Waals surface area contributed by atoms with Gasteiger partial charge in [0.1, 0.15) is 0 Å². The van der Waals surface area contributed by atoms with Crippen molar-refractivity contribution >= 4 is 11.5 Å². The number of hydrazone groups is 1. The number of amidine groups is 1. The van der Waals surface area contributed by atoms with Crippen LogP contribution in [0.1, 0.15) is 25.0 Å². The molecule has 0 aliphatic carbocycles. The molecule has 0 amide bonds. The molecule has 2 rings (SSSR count). The second-order valence-corrected chi connectivity index (χ2v) is 7.85. The van der Waals surface area contributed by atoms with Crippen LogP contribution in [0.5, 0.6) is 0 Å². The molecule has 0 unspecified atom stereocenters. The highest BCUT2D eigenvalue weighted by molar-refractivity contribution is 6.02.